The number of ether oxygens (including phenoxy) is 1. The first-order valence-electron chi connectivity index (χ1n) is 7.08. The Kier molecular flexibility index (Phi) is 5.21. The number of hydrogen-bond donors (Lipinski definition) is 0. The zero-order chi connectivity index (χ0) is 16.2. The second-order valence-corrected chi connectivity index (χ2v) is 7.37. The lowest BCUT2D eigenvalue weighted by Gasteiger charge is -2.15. The number of sulfonamides is 1. The van der Waals surface area contributed by atoms with E-state index in [9.17, 15) is 8.42 Å². The summed E-state index contributed by atoms with van der Waals surface area (Å²) in [6.45, 7) is 2.65. The molecule has 0 saturated heterocycles. The summed E-state index contributed by atoms with van der Waals surface area (Å²) in [6, 6.07) is 16.2. The molecule has 0 fully saturated rings. The van der Waals surface area contributed by atoms with E-state index >= 15 is 0 Å². The van der Waals surface area contributed by atoms with Crippen molar-refractivity contribution in [3.8, 4) is 16.9 Å². The number of hydrogen-bond acceptors (Lipinski definition) is 3. The molecule has 0 heterocycles. The Bertz CT molecular complexity index is 727. The van der Waals surface area contributed by atoms with Crippen molar-refractivity contribution in [1.82, 2.24) is 4.31 Å². The Morgan fingerprint density at radius 2 is 1.73 bits per heavy atom. The van der Waals surface area contributed by atoms with Crippen molar-refractivity contribution in [3.63, 3.8) is 0 Å². The maximum Gasteiger partial charge on any atom is 0.211 e. The molecule has 5 heteroatoms. The van der Waals surface area contributed by atoms with E-state index in [4.69, 9.17) is 4.74 Å². The summed E-state index contributed by atoms with van der Waals surface area (Å²) in [5.41, 5.74) is 3.33. The highest BCUT2D eigenvalue weighted by Gasteiger charge is 2.10. The summed E-state index contributed by atoms with van der Waals surface area (Å²) < 4.78 is 29.6. The molecule has 0 N–H and O–H groups in total. The molecule has 0 aliphatic heterocycles. The molecule has 118 valence electrons. The van der Waals surface area contributed by atoms with Crippen molar-refractivity contribution in [2.75, 3.05) is 26.5 Å². The van der Waals surface area contributed by atoms with Crippen LogP contribution in [0.1, 0.15) is 5.56 Å². The standard InChI is InChI=1S/C17H21NO3S/c1-14-13-16(15-7-5-4-6-8-15)9-10-17(14)21-12-11-18(2)22(3,19)20/h4-10,13H,11-12H2,1-3H3. The van der Waals surface area contributed by atoms with Gasteiger partial charge < -0.3 is 4.74 Å². The van der Waals surface area contributed by atoms with Crippen LogP contribution in [-0.4, -0.2) is 39.2 Å². The predicted octanol–water partition coefficient (Wildman–Crippen LogP) is 2.93. The van der Waals surface area contributed by atoms with Gasteiger partial charge in [-0.3, -0.25) is 0 Å². The first kappa shape index (κ1) is 16.5. The zero-order valence-electron chi connectivity index (χ0n) is 13.1. The van der Waals surface area contributed by atoms with E-state index in [0.29, 0.717) is 13.2 Å². The van der Waals surface area contributed by atoms with Gasteiger partial charge in [-0.05, 0) is 35.7 Å². The summed E-state index contributed by atoms with van der Waals surface area (Å²) in [4.78, 5) is 0. The van der Waals surface area contributed by atoms with Gasteiger partial charge in [0.15, 0.2) is 0 Å². The van der Waals surface area contributed by atoms with Gasteiger partial charge in [-0.25, -0.2) is 12.7 Å². The molecular formula is C17H21NO3S. The van der Waals surface area contributed by atoms with Gasteiger partial charge in [0.25, 0.3) is 0 Å². The van der Waals surface area contributed by atoms with Crippen LogP contribution in [0.3, 0.4) is 0 Å². The number of aryl methyl sites for hydroxylation is 1. The Labute approximate surface area is 132 Å². The molecule has 0 saturated carbocycles. The van der Waals surface area contributed by atoms with Gasteiger partial charge in [0.1, 0.15) is 12.4 Å². The molecule has 2 rings (SSSR count). The summed E-state index contributed by atoms with van der Waals surface area (Å²) in [5.74, 6) is 0.779. The van der Waals surface area contributed by atoms with Crippen LogP contribution < -0.4 is 4.74 Å². The third-order valence-corrected chi connectivity index (χ3v) is 4.83. The average Bonchev–Trinajstić information content (AvgIpc) is 2.48. The minimum Gasteiger partial charge on any atom is -0.492 e. The maximum absolute atomic E-state index is 11.3. The normalized spacial score (nSPS) is 11.6. The van der Waals surface area contributed by atoms with Crippen molar-refractivity contribution in [2.24, 2.45) is 0 Å². The van der Waals surface area contributed by atoms with Gasteiger partial charge in [0.05, 0.1) is 6.26 Å². The summed E-state index contributed by atoms with van der Waals surface area (Å²) in [7, 11) is -1.61. The van der Waals surface area contributed by atoms with Gasteiger partial charge in [-0.15, -0.1) is 0 Å². The molecule has 0 aliphatic carbocycles. The monoisotopic (exact) mass is 319 g/mol. The minimum absolute atomic E-state index is 0.328. The molecule has 4 nitrogen and oxygen atoms in total. The van der Waals surface area contributed by atoms with E-state index < -0.39 is 10.0 Å². The highest BCUT2D eigenvalue weighted by molar-refractivity contribution is 7.88. The first-order valence-corrected chi connectivity index (χ1v) is 8.93. The van der Waals surface area contributed by atoms with Crippen LogP contribution in [0.25, 0.3) is 11.1 Å². The highest BCUT2D eigenvalue weighted by atomic mass is 32.2. The topological polar surface area (TPSA) is 46.6 Å². The number of rotatable bonds is 6. The van der Waals surface area contributed by atoms with Crippen LogP contribution in [-0.2, 0) is 10.0 Å². The largest absolute Gasteiger partial charge is 0.492 e. The smallest absolute Gasteiger partial charge is 0.211 e. The zero-order valence-corrected chi connectivity index (χ0v) is 13.9. The summed E-state index contributed by atoms with van der Waals surface area (Å²) in [6.07, 6.45) is 1.19. The second-order valence-electron chi connectivity index (χ2n) is 5.28. The lowest BCUT2D eigenvalue weighted by atomic mass is 10.0. The van der Waals surface area contributed by atoms with Crippen LogP contribution in [0.4, 0.5) is 0 Å². The van der Waals surface area contributed by atoms with Crippen molar-refractivity contribution >= 4 is 10.0 Å². The minimum atomic E-state index is -3.16. The highest BCUT2D eigenvalue weighted by Crippen LogP contribution is 2.26. The Morgan fingerprint density at radius 3 is 2.32 bits per heavy atom. The lowest BCUT2D eigenvalue weighted by Crippen LogP contribution is -2.29. The molecule has 0 aliphatic rings. The molecule has 22 heavy (non-hydrogen) atoms. The Morgan fingerprint density at radius 1 is 1.05 bits per heavy atom. The molecule has 0 bridgehead atoms. The third-order valence-electron chi connectivity index (χ3n) is 3.51. The number of benzene rings is 2. The van der Waals surface area contributed by atoms with Crippen LogP contribution in [0.15, 0.2) is 48.5 Å². The van der Waals surface area contributed by atoms with E-state index in [-0.39, 0.29) is 0 Å². The molecular weight excluding hydrogens is 298 g/mol. The first-order chi connectivity index (χ1) is 10.4. The van der Waals surface area contributed by atoms with Crippen molar-refractivity contribution in [1.29, 1.82) is 0 Å². The lowest BCUT2D eigenvalue weighted by molar-refractivity contribution is 0.286. The molecule has 0 aromatic heterocycles. The fraction of sp³-hybridized carbons (Fsp3) is 0.294. The SMILES string of the molecule is Cc1cc(-c2ccccc2)ccc1OCCN(C)S(C)(=O)=O. The van der Waals surface area contributed by atoms with Crippen LogP contribution in [0.5, 0.6) is 5.75 Å². The van der Waals surface area contributed by atoms with Crippen LogP contribution in [0, 0.1) is 6.92 Å². The average molecular weight is 319 g/mol. The van der Waals surface area contributed by atoms with E-state index in [1.807, 2.05) is 37.3 Å². The third kappa shape index (κ3) is 4.32. The predicted molar refractivity (Wildman–Crippen MR) is 89.6 cm³/mol. The van der Waals surface area contributed by atoms with Crippen molar-refractivity contribution < 1.29 is 13.2 Å². The quantitative estimate of drug-likeness (QED) is 0.822. The van der Waals surface area contributed by atoms with Gasteiger partial charge in [-0.1, -0.05) is 36.4 Å². The van der Waals surface area contributed by atoms with Gasteiger partial charge in [0.2, 0.25) is 10.0 Å². The molecule has 2 aromatic rings. The van der Waals surface area contributed by atoms with E-state index in [1.54, 1.807) is 7.05 Å². The van der Waals surface area contributed by atoms with Crippen LogP contribution >= 0.6 is 0 Å². The molecule has 0 amide bonds. The molecule has 0 unspecified atom stereocenters. The molecule has 0 radical (unpaired) electrons. The fourth-order valence-corrected chi connectivity index (χ4v) is 2.48. The van der Waals surface area contributed by atoms with E-state index in [2.05, 4.69) is 18.2 Å². The van der Waals surface area contributed by atoms with E-state index in [0.717, 1.165) is 22.4 Å². The van der Waals surface area contributed by atoms with Crippen LogP contribution in [0.2, 0.25) is 0 Å². The van der Waals surface area contributed by atoms with Gasteiger partial charge in [0, 0.05) is 13.6 Å². The molecule has 0 atom stereocenters. The molecule has 0 spiro atoms. The van der Waals surface area contributed by atoms with Gasteiger partial charge in [-0.2, -0.15) is 0 Å². The van der Waals surface area contributed by atoms with Gasteiger partial charge >= 0.3 is 0 Å². The fourth-order valence-electron chi connectivity index (χ4n) is 2.07. The summed E-state index contributed by atoms with van der Waals surface area (Å²) >= 11 is 0. The van der Waals surface area contributed by atoms with E-state index in [1.165, 1.54) is 10.6 Å². The van der Waals surface area contributed by atoms with Crippen molar-refractivity contribution in [2.45, 2.75) is 6.92 Å². The second kappa shape index (κ2) is 6.94. The molecule has 2 aromatic carbocycles. The number of likely N-dealkylation sites (N-methyl/N-ethyl adjacent to an activating group) is 1. The summed E-state index contributed by atoms with van der Waals surface area (Å²) in [5, 5.41) is 0. The van der Waals surface area contributed by atoms with Crippen molar-refractivity contribution in [3.05, 3.63) is 54.1 Å². The Hall–Kier alpha value is -1.85. The number of nitrogens with zero attached hydrogens (tertiary/aromatic N) is 1. The maximum atomic E-state index is 11.3. The Balaban J connectivity index is 2.02.